The summed E-state index contributed by atoms with van der Waals surface area (Å²) in [6.45, 7) is -0.157. The minimum absolute atomic E-state index is 0.0138. The lowest BCUT2D eigenvalue weighted by atomic mass is 9.95. The predicted octanol–water partition coefficient (Wildman–Crippen LogP) is 1.13. The molecule has 3 unspecified atom stereocenters. The van der Waals surface area contributed by atoms with E-state index in [1.807, 2.05) is 0 Å². The fraction of sp³-hybridized carbons (Fsp3) is 0.481. The van der Waals surface area contributed by atoms with Crippen LogP contribution >= 0.6 is 0 Å². The van der Waals surface area contributed by atoms with E-state index in [4.69, 9.17) is 0 Å². The van der Waals surface area contributed by atoms with Gasteiger partial charge >= 0.3 is 5.97 Å². The van der Waals surface area contributed by atoms with Crippen molar-refractivity contribution in [3.63, 3.8) is 0 Å². The van der Waals surface area contributed by atoms with Gasteiger partial charge in [0.05, 0.1) is 7.11 Å². The van der Waals surface area contributed by atoms with Gasteiger partial charge in [0.2, 0.25) is 11.8 Å². The summed E-state index contributed by atoms with van der Waals surface area (Å²) in [6, 6.07) is 3.67. The maximum absolute atomic E-state index is 13.2. The minimum atomic E-state index is -1.02. The number of pyridine rings is 1. The number of aromatic nitrogens is 3. The smallest absolute Gasteiger partial charge is 0.330 e. The topological polar surface area (TPSA) is 153 Å². The highest BCUT2D eigenvalue weighted by atomic mass is 16.5. The standard InChI is InChI=1S/C27H34N6O6/c1-32-22(11-12-28-32)26(37)30-19(6-3-4-8-24(35)39-2)25(36)31-20-7-5-13-33(27(20)38)16-23(34)29-21-15-17-9-10-18(21)14-17/h4-5,7-8,11-13,17-19,21H,3,6,9-10,14-16H2,1-2H3,(H,29,34)(H,30,37)(H,31,36)/b8-4+/t17?,18?,19-,21?/m0/s1. The first-order valence-electron chi connectivity index (χ1n) is 13.1. The second kappa shape index (κ2) is 12.5. The number of fused-ring (bicyclic) bond motifs is 2. The number of anilines is 1. The number of esters is 1. The van der Waals surface area contributed by atoms with Crippen molar-refractivity contribution in [1.82, 2.24) is 25.0 Å². The number of nitrogens with one attached hydrogen (secondary N) is 3. The first kappa shape index (κ1) is 27.8. The van der Waals surface area contributed by atoms with Crippen molar-refractivity contribution in [2.45, 2.75) is 57.2 Å². The van der Waals surface area contributed by atoms with Gasteiger partial charge in [0.15, 0.2) is 0 Å². The number of carbonyl (C=O) groups is 4. The van der Waals surface area contributed by atoms with Gasteiger partial charge in [0, 0.05) is 31.6 Å². The Morgan fingerprint density at radius 1 is 1.21 bits per heavy atom. The van der Waals surface area contributed by atoms with Gasteiger partial charge in [-0.25, -0.2) is 4.79 Å². The number of nitrogens with zero attached hydrogens (tertiary/aromatic N) is 3. The van der Waals surface area contributed by atoms with Gasteiger partial charge in [-0.2, -0.15) is 5.10 Å². The molecule has 12 heteroatoms. The van der Waals surface area contributed by atoms with E-state index in [0.717, 1.165) is 19.3 Å². The average molecular weight is 539 g/mol. The van der Waals surface area contributed by atoms with E-state index in [1.165, 1.54) is 59.5 Å². The zero-order valence-corrected chi connectivity index (χ0v) is 22.1. The monoisotopic (exact) mass is 538 g/mol. The van der Waals surface area contributed by atoms with Gasteiger partial charge in [-0.15, -0.1) is 0 Å². The van der Waals surface area contributed by atoms with E-state index >= 15 is 0 Å². The normalized spacial score (nSPS) is 20.5. The highest BCUT2D eigenvalue weighted by Crippen LogP contribution is 2.44. The van der Waals surface area contributed by atoms with Crippen molar-refractivity contribution in [2.24, 2.45) is 18.9 Å². The van der Waals surface area contributed by atoms with Crippen LogP contribution in [0.25, 0.3) is 0 Å². The number of aryl methyl sites for hydroxylation is 1. The van der Waals surface area contributed by atoms with Gasteiger partial charge in [-0.05, 0) is 62.1 Å². The van der Waals surface area contributed by atoms with Crippen molar-refractivity contribution in [2.75, 3.05) is 12.4 Å². The summed E-state index contributed by atoms with van der Waals surface area (Å²) in [4.78, 5) is 63.0. The van der Waals surface area contributed by atoms with Crippen LogP contribution < -0.4 is 21.5 Å². The summed E-state index contributed by atoms with van der Waals surface area (Å²) in [5.74, 6) is -0.708. The van der Waals surface area contributed by atoms with Crippen LogP contribution in [-0.2, 0) is 32.7 Å². The van der Waals surface area contributed by atoms with E-state index in [-0.39, 0.29) is 42.7 Å². The summed E-state index contributed by atoms with van der Waals surface area (Å²) < 4.78 is 7.19. The lowest BCUT2D eigenvalue weighted by Gasteiger charge is -2.23. The molecular formula is C27H34N6O6. The second-order valence-corrected chi connectivity index (χ2v) is 10.1. The molecule has 2 bridgehead atoms. The first-order chi connectivity index (χ1) is 18.7. The maximum atomic E-state index is 13.2. The quantitative estimate of drug-likeness (QED) is 0.286. The average Bonchev–Trinajstić information content (AvgIpc) is 3.65. The molecule has 0 aliphatic heterocycles. The Morgan fingerprint density at radius 3 is 2.69 bits per heavy atom. The van der Waals surface area contributed by atoms with Crippen LogP contribution in [0.3, 0.4) is 0 Å². The van der Waals surface area contributed by atoms with Crippen molar-refractivity contribution in [3.8, 4) is 0 Å². The van der Waals surface area contributed by atoms with Gasteiger partial charge in [0.25, 0.3) is 11.5 Å². The Labute approximate surface area is 225 Å². The van der Waals surface area contributed by atoms with Crippen molar-refractivity contribution >= 4 is 29.4 Å². The fourth-order valence-corrected chi connectivity index (χ4v) is 5.41. The van der Waals surface area contributed by atoms with Crippen LogP contribution in [0, 0.1) is 11.8 Å². The van der Waals surface area contributed by atoms with Gasteiger partial charge in [0.1, 0.15) is 24.0 Å². The Bertz CT molecular complexity index is 1310. The number of hydrogen-bond donors (Lipinski definition) is 3. The third-order valence-corrected chi connectivity index (χ3v) is 7.43. The molecule has 2 heterocycles. The number of rotatable bonds is 11. The summed E-state index contributed by atoms with van der Waals surface area (Å²) in [7, 11) is 2.86. The molecule has 0 radical (unpaired) electrons. The zero-order chi connectivity index (χ0) is 27.9. The third kappa shape index (κ3) is 7.01. The predicted molar refractivity (Wildman–Crippen MR) is 142 cm³/mol. The number of carbonyl (C=O) groups excluding carboxylic acids is 4. The Morgan fingerprint density at radius 2 is 2.03 bits per heavy atom. The molecule has 4 rings (SSSR count). The molecule has 2 aromatic heterocycles. The highest BCUT2D eigenvalue weighted by Gasteiger charge is 2.40. The van der Waals surface area contributed by atoms with Crippen molar-refractivity contribution in [3.05, 3.63) is 58.8 Å². The van der Waals surface area contributed by atoms with Gasteiger partial charge in [-0.3, -0.25) is 23.9 Å². The molecule has 2 aromatic rings. The summed E-state index contributed by atoms with van der Waals surface area (Å²) in [5, 5.41) is 12.3. The number of allylic oxidation sites excluding steroid dienone is 1. The van der Waals surface area contributed by atoms with Crippen molar-refractivity contribution < 1.29 is 23.9 Å². The molecule has 2 saturated carbocycles. The Balaban J connectivity index is 1.41. The Hall–Kier alpha value is -4.22. The molecule has 39 heavy (non-hydrogen) atoms. The molecule has 4 atom stereocenters. The highest BCUT2D eigenvalue weighted by molar-refractivity contribution is 6.00. The molecule has 2 aliphatic rings. The molecule has 0 aromatic carbocycles. The van der Waals surface area contributed by atoms with Crippen LogP contribution in [-0.4, -0.2) is 57.2 Å². The maximum Gasteiger partial charge on any atom is 0.330 e. The molecule has 208 valence electrons. The Kier molecular flexibility index (Phi) is 8.95. The lowest BCUT2D eigenvalue weighted by molar-refractivity contribution is -0.134. The number of amides is 3. The first-order valence-corrected chi connectivity index (χ1v) is 13.1. The van der Waals surface area contributed by atoms with Gasteiger partial charge < -0.3 is 25.3 Å². The third-order valence-electron chi connectivity index (χ3n) is 7.43. The van der Waals surface area contributed by atoms with Crippen LogP contribution in [0.2, 0.25) is 0 Å². The largest absolute Gasteiger partial charge is 0.466 e. The molecule has 3 N–H and O–H groups in total. The van der Waals surface area contributed by atoms with E-state index in [0.29, 0.717) is 11.8 Å². The molecular weight excluding hydrogens is 504 g/mol. The van der Waals surface area contributed by atoms with Crippen LogP contribution in [0.15, 0.2) is 47.5 Å². The molecule has 3 amide bonds. The van der Waals surface area contributed by atoms with Crippen LogP contribution in [0.5, 0.6) is 0 Å². The molecule has 0 saturated heterocycles. The number of hydrogen-bond acceptors (Lipinski definition) is 7. The number of ether oxygens (including phenoxy) is 1. The second-order valence-electron chi connectivity index (χ2n) is 10.1. The fourth-order valence-electron chi connectivity index (χ4n) is 5.41. The van der Waals surface area contributed by atoms with Crippen molar-refractivity contribution in [1.29, 1.82) is 0 Å². The SMILES string of the molecule is COC(=O)/C=C/CC[C@H](NC(=O)c1ccnn1C)C(=O)Nc1cccn(CC(=O)NC2CC3CCC2C3)c1=O. The van der Waals surface area contributed by atoms with Crippen LogP contribution in [0.4, 0.5) is 5.69 Å². The van der Waals surface area contributed by atoms with E-state index in [1.54, 1.807) is 13.1 Å². The van der Waals surface area contributed by atoms with E-state index in [9.17, 15) is 24.0 Å². The van der Waals surface area contributed by atoms with E-state index in [2.05, 4.69) is 25.8 Å². The van der Waals surface area contributed by atoms with Gasteiger partial charge in [-0.1, -0.05) is 12.5 Å². The molecule has 12 nitrogen and oxygen atoms in total. The lowest BCUT2D eigenvalue weighted by Crippen LogP contribution is -2.45. The minimum Gasteiger partial charge on any atom is -0.466 e. The van der Waals surface area contributed by atoms with E-state index < -0.39 is 29.4 Å². The van der Waals surface area contributed by atoms with Crippen LogP contribution in [0.1, 0.15) is 49.0 Å². The molecule has 2 fully saturated rings. The summed E-state index contributed by atoms with van der Waals surface area (Å²) in [5.41, 5.74) is -0.294. The number of methoxy groups -OCH3 is 1. The summed E-state index contributed by atoms with van der Waals surface area (Å²) in [6.07, 6.45) is 10.7. The zero-order valence-electron chi connectivity index (χ0n) is 22.1. The molecule has 0 spiro atoms. The summed E-state index contributed by atoms with van der Waals surface area (Å²) >= 11 is 0. The molecule has 2 aliphatic carbocycles.